The predicted octanol–water partition coefficient (Wildman–Crippen LogP) is 4.80. The van der Waals surface area contributed by atoms with E-state index in [4.69, 9.17) is 23.2 Å². The van der Waals surface area contributed by atoms with E-state index in [-0.39, 0.29) is 22.6 Å². The van der Waals surface area contributed by atoms with Crippen LogP contribution in [0.1, 0.15) is 36.6 Å². The fraction of sp³-hybridized carbons (Fsp3) is 0.160. The van der Waals surface area contributed by atoms with Crippen LogP contribution in [-0.2, 0) is 0 Å². The van der Waals surface area contributed by atoms with Crippen molar-refractivity contribution in [3.63, 3.8) is 0 Å². The predicted molar refractivity (Wildman–Crippen MR) is 124 cm³/mol. The summed E-state index contributed by atoms with van der Waals surface area (Å²) in [6.45, 7) is 1.58. The van der Waals surface area contributed by atoms with Gasteiger partial charge in [0.1, 0.15) is 0 Å². The van der Waals surface area contributed by atoms with Gasteiger partial charge in [-0.15, -0.1) is 0 Å². The van der Waals surface area contributed by atoms with Crippen LogP contribution in [0.4, 0.5) is 0 Å². The maximum Gasteiger partial charge on any atom is 0.255 e. The Morgan fingerprint density at radius 2 is 1.31 bits per heavy atom. The van der Waals surface area contributed by atoms with Gasteiger partial charge < -0.3 is 9.80 Å². The molecule has 0 unspecified atom stereocenters. The van der Waals surface area contributed by atoms with Gasteiger partial charge in [0.15, 0.2) is 5.78 Å². The molecule has 0 N–H and O–H groups in total. The van der Waals surface area contributed by atoms with Crippen LogP contribution in [0.5, 0.6) is 0 Å². The molecule has 160 valence electrons. The van der Waals surface area contributed by atoms with Crippen molar-refractivity contribution < 1.29 is 14.4 Å². The molecule has 0 saturated carbocycles. The van der Waals surface area contributed by atoms with Gasteiger partial charge in [0.05, 0.1) is 15.6 Å². The molecule has 32 heavy (non-hydrogen) atoms. The highest BCUT2D eigenvalue weighted by molar-refractivity contribution is 6.43. The summed E-state index contributed by atoms with van der Waals surface area (Å²) in [5, 5.41) is 0.570. The molecule has 0 radical (unpaired) electrons. The number of benzene rings is 3. The average Bonchev–Trinajstić information content (AvgIpc) is 3.12. The first-order valence-corrected chi connectivity index (χ1v) is 11.0. The molecule has 0 bridgehead atoms. The fourth-order valence-electron chi connectivity index (χ4n) is 4.30. The molecule has 2 aliphatic rings. The number of ketones is 1. The van der Waals surface area contributed by atoms with Gasteiger partial charge in [-0.2, -0.15) is 0 Å². The van der Waals surface area contributed by atoms with Crippen molar-refractivity contribution in [3.8, 4) is 11.1 Å². The van der Waals surface area contributed by atoms with Gasteiger partial charge in [0.2, 0.25) is 0 Å². The molecule has 3 aromatic rings. The van der Waals surface area contributed by atoms with Crippen LogP contribution in [0.2, 0.25) is 10.0 Å². The van der Waals surface area contributed by atoms with Crippen LogP contribution >= 0.6 is 23.2 Å². The Morgan fingerprint density at radius 1 is 0.688 bits per heavy atom. The number of halogens is 2. The van der Waals surface area contributed by atoms with E-state index in [1.54, 1.807) is 40.1 Å². The molecule has 5 nitrogen and oxygen atoms in total. The molecule has 0 spiro atoms. The van der Waals surface area contributed by atoms with Crippen molar-refractivity contribution in [1.29, 1.82) is 0 Å². The molecule has 1 aliphatic heterocycles. The van der Waals surface area contributed by atoms with Gasteiger partial charge in [-0.25, -0.2) is 0 Å². The normalized spacial score (nSPS) is 14.9. The molecule has 0 aromatic heterocycles. The first-order chi connectivity index (χ1) is 15.5. The lowest BCUT2D eigenvalue weighted by atomic mass is 10.0. The molecule has 1 saturated heterocycles. The summed E-state index contributed by atoms with van der Waals surface area (Å²) in [7, 11) is 0. The van der Waals surface area contributed by atoms with Gasteiger partial charge in [-0.1, -0.05) is 59.6 Å². The van der Waals surface area contributed by atoms with Crippen molar-refractivity contribution in [2.75, 3.05) is 26.2 Å². The van der Waals surface area contributed by atoms with Gasteiger partial charge in [0, 0.05) is 42.9 Å². The van der Waals surface area contributed by atoms with E-state index >= 15 is 0 Å². The average molecular weight is 465 g/mol. The Bertz CT molecular complexity index is 1280. The summed E-state index contributed by atoms with van der Waals surface area (Å²) in [6.07, 6.45) is 0. The van der Waals surface area contributed by atoms with Crippen LogP contribution in [0.15, 0.2) is 60.7 Å². The molecule has 3 aromatic carbocycles. The van der Waals surface area contributed by atoms with E-state index < -0.39 is 0 Å². The molecule has 2 amide bonds. The van der Waals surface area contributed by atoms with Gasteiger partial charge in [-0.3, -0.25) is 14.4 Å². The number of fused-ring (bicyclic) bond motifs is 3. The monoisotopic (exact) mass is 464 g/mol. The Morgan fingerprint density at radius 3 is 2.03 bits per heavy atom. The summed E-state index contributed by atoms with van der Waals surface area (Å²) in [4.78, 5) is 42.1. The number of carbonyl (C=O) groups is 3. The third kappa shape index (κ3) is 3.38. The molecule has 1 heterocycles. The van der Waals surface area contributed by atoms with Crippen molar-refractivity contribution in [1.82, 2.24) is 9.80 Å². The van der Waals surface area contributed by atoms with E-state index in [1.165, 1.54) is 0 Å². The number of nitrogens with zero attached hydrogens (tertiary/aromatic N) is 2. The fourth-order valence-corrected chi connectivity index (χ4v) is 4.68. The summed E-state index contributed by atoms with van der Waals surface area (Å²) >= 11 is 12.2. The highest BCUT2D eigenvalue weighted by Gasteiger charge is 2.30. The smallest absolute Gasteiger partial charge is 0.255 e. The second kappa shape index (κ2) is 8.08. The molecular weight excluding hydrogens is 447 g/mol. The van der Waals surface area contributed by atoms with Crippen molar-refractivity contribution in [2.45, 2.75) is 0 Å². The Hall–Kier alpha value is -3.15. The Balaban J connectivity index is 1.30. The lowest BCUT2D eigenvalue weighted by molar-refractivity contribution is 0.0535. The van der Waals surface area contributed by atoms with Crippen LogP contribution in [0.3, 0.4) is 0 Å². The molecule has 0 atom stereocenters. The number of carbonyl (C=O) groups excluding carboxylic acids is 3. The molecular formula is C25H18Cl2N2O3. The molecule has 7 heteroatoms. The van der Waals surface area contributed by atoms with E-state index in [0.29, 0.717) is 53.5 Å². The Kier molecular flexibility index (Phi) is 5.24. The zero-order chi connectivity index (χ0) is 22.4. The first kappa shape index (κ1) is 20.7. The van der Waals surface area contributed by atoms with Gasteiger partial charge >= 0.3 is 0 Å². The standard InChI is InChI=1S/C25H18Cl2N2O3/c26-21-7-3-6-19(22(21)27)25(32)29-12-10-28(11-13-29)24(31)15-8-9-17-16-4-1-2-5-18(16)23(30)20(17)14-15/h1-9,14H,10-13H2. The number of hydrogen-bond acceptors (Lipinski definition) is 3. The van der Waals surface area contributed by atoms with E-state index in [1.807, 2.05) is 30.3 Å². The maximum atomic E-state index is 13.1. The summed E-state index contributed by atoms with van der Waals surface area (Å²) in [6, 6.07) is 17.7. The number of rotatable bonds is 2. The second-order valence-electron chi connectivity index (χ2n) is 7.82. The SMILES string of the molecule is O=C1c2ccccc2-c2ccc(C(=O)N3CCN(C(=O)c4cccc(Cl)c4Cl)CC3)cc21. The molecule has 5 rings (SSSR count). The number of hydrogen-bond donors (Lipinski definition) is 0. The van der Waals surface area contributed by atoms with Crippen LogP contribution in [0, 0.1) is 0 Å². The van der Waals surface area contributed by atoms with Crippen molar-refractivity contribution in [2.24, 2.45) is 0 Å². The maximum absolute atomic E-state index is 13.1. The third-order valence-electron chi connectivity index (χ3n) is 6.01. The minimum atomic E-state index is -0.203. The molecule has 1 aliphatic carbocycles. The minimum absolute atomic E-state index is 0.0564. The van der Waals surface area contributed by atoms with E-state index in [0.717, 1.165) is 11.1 Å². The first-order valence-electron chi connectivity index (χ1n) is 10.3. The molecule has 1 fully saturated rings. The van der Waals surface area contributed by atoms with Crippen LogP contribution < -0.4 is 0 Å². The number of piperazine rings is 1. The summed E-state index contributed by atoms with van der Waals surface area (Å²) < 4.78 is 0. The highest BCUT2D eigenvalue weighted by atomic mass is 35.5. The Labute approximate surface area is 195 Å². The third-order valence-corrected chi connectivity index (χ3v) is 6.83. The van der Waals surface area contributed by atoms with E-state index in [2.05, 4.69) is 0 Å². The highest BCUT2D eigenvalue weighted by Crippen LogP contribution is 2.37. The van der Waals surface area contributed by atoms with E-state index in [9.17, 15) is 14.4 Å². The van der Waals surface area contributed by atoms with Crippen LogP contribution in [-0.4, -0.2) is 53.6 Å². The zero-order valence-corrected chi connectivity index (χ0v) is 18.5. The largest absolute Gasteiger partial charge is 0.335 e. The van der Waals surface area contributed by atoms with Crippen LogP contribution in [0.25, 0.3) is 11.1 Å². The lowest BCUT2D eigenvalue weighted by Gasteiger charge is -2.35. The topological polar surface area (TPSA) is 57.7 Å². The quantitative estimate of drug-likeness (QED) is 0.427. The summed E-state index contributed by atoms with van der Waals surface area (Å²) in [5.41, 5.74) is 3.81. The number of amides is 2. The van der Waals surface area contributed by atoms with Crippen molar-refractivity contribution in [3.05, 3.63) is 93.0 Å². The minimum Gasteiger partial charge on any atom is -0.335 e. The second-order valence-corrected chi connectivity index (χ2v) is 8.61. The van der Waals surface area contributed by atoms with Gasteiger partial charge in [-0.05, 0) is 35.4 Å². The lowest BCUT2D eigenvalue weighted by Crippen LogP contribution is -2.50. The van der Waals surface area contributed by atoms with Crippen molar-refractivity contribution >= 4 is 40.8 Å². The van der Waals surface area contributed by atoms with Gasteiger partial charge in [0.25, 0.3) is 11.8 Å². The zero-order valence-electron chi connectivity index (χ0n) is 17.0. The summed E-state index contributed by atoms with van der Waals surface area (Å²) in [5.74, 6) is -0.408.